The van der Waals surface area contributed by atoms with Gasteiger partial charge in [-0.25, -0.2) is 0 Å². The van der Waals surface area contributed by atoms with Gasteiger partial charge in [0.25, 0.3) is 0 Å². The van der Waals surface area contributed by atoms with Gasteiger partial charge >= 0.3 is 0 Å². The summed E-state index contributed by atoms with van der Waals surface area (Å²) in [4.78, 5) is 26.2. The number of amides is 2. The minimum absolute atomic E-state index is 0.00823. The molecule has 1 saturated heterocycles. The summed E-state index contributed by atoms with van der Waals surface area (Å²) in [5.74, 6) is 0.0211. The number of likely N-dealkylation sites (tertiary alicyclic amines) is 1. The summed E-state index contributed by atoms with van der Waals surface area (Å²) in [6.07, 6.45) is 2.23. The van der Waals surface area contributed by atoms with Gasteiger partial charge in [-0.1, -0.05) is 37.3 Å². The predicted molar refractivity (Wildman–Crippen MR) is 92.2 cm³/mol. The summed E-state index contributed by atoms with van der Waals surface area (Å²) in [5, 5.41) is 5.27. The Hall–Kier alpha value is -2.36. The maximum Gasteiger partial charge on any atom is 0.229 e. The number of hydrogen-bond acceptors (Lipinski definition) is 2. The molecule has 2 amide bonds. The van der Waals surface area contributed by atoms with Crippen molar-refractivity contribution in [3.8, 4) is 0 Å². The Morgan fingerprint density at radius 1 is 1.17 bits per heavy atom. The third-order valence-corrected chi connectivity index (χ3v) is 4.46. The Kier molecular flexibility index (Phi) is 4.60. The lowest BCUT2D eigenvalue weighted by Gasteiger charge is -2.31. The SMILES string of the molecule is CCC(=O)N1CCCC(C(=O)Nc2ccc3ccccc3c2)C1. The lowest BCUT2D eigenvalue weighted by atomic mass is 9.96. The van der Waals surface area contributed by atoms with Crippen LogP contribution in [0.5, 0.6) is 0 Å². The molecule has 2 aromatic rings. The van der Waals surface area contributed by atoms with E-state index < -0.39 is 0 Å². The Balaban J connectivity index is 1.68. The molecule has 0 aliphatic carbocycles. The van der Waals surface area contributed by atoms with E-state index in [1.54, 1.807) is 0 Å². The number of anilines is 1. The van der Waals surface area contributed by atoms with Crippen LogP contribution in [0.3, 0.4) is 0 Å². The molecule has 1 heterocycles. The van der Waals surface area contributed by atoms with E-state index in [0.717, 1.165) is 35.8 Å². The molecule has 120 valence electrons. The fourth-order valence-electron chi connectivity index (χ4n) is 3.15. The van der Waals surface area contributed by atoms with Crippen molar-refractivity contribution < 1.29 is 9.59 Å². The first-order valence-electron chi connectivity index (χ1n) is 8.25. The Morgan fingerprint density at radius 3 is 2.74 bits per heavy atom. The fourth-order valence-corrected chi connectivity index (χ4v) is 3.15. The van der Waals surface area contributed by atoms with E-state index in [2.05, 4.69) is 11.4 Å². The first-order valence-corrected chi connectivity index (χ1v) is 8.25. The second-order valence-electron chi connectivity index (χ2n) is 6.08. The van der Waals surface area contributed by atoms with Crippen LogP contribution in [0.25, 0.3) is 10.8 Å². The largest absolute Gasteiger partial charge is 0.342 e. The molecule has 4 heteroatoms. The number of benzene rings is 2. The standard InChI is InChI=1S/C19H22N2O2/c1-2-18(22)21-11-5-8-16(13-21)19(23)20-17-10-9-14-6-3-4-7-15(14)12-17/h3-4,6-7,9-10,12,16H,2,5,8,11,13H2,1H3,(H,20,23). The Bertz CT molecular complexity index is 726. The summed E-state index contributed by atoms with van der Waals surface area (Å²) in [5.41, 5.74) is 0.813. The highest BCUT2D eigenvalue weighted by atomic mass is 16.2. The van der Waals surface area contributed by atoms with Crippen LogP contribution in [-0.2, 0) is 9.59 Å². The Morgan fingerprint density at radius 2 is 1.96 bits per heavy atom. The van der Waals surface area contributed by atoms with Crippen LogP contribution < -0.4 is 5.32 Å². The molecule has 1 atom stereocenters. The molecule has 1 aliphatic rings. The molecule has 4 nitrogen and oxygen atoms in total. The van der Waals surface area contributed by atoms with Gasteiger partial charge in [-0.3, -0.25) is 9.59 Å². The third kappa shape index (κ3) is 3.52. The van der Waals surface area contributed by atoms with Crippen LogP contribution in [0.2, 0.25) is 0 Å². The van der Waals surface area contributed by atoms with Crippen molar-refractivity contribution in [2.24, 2.45) is 5.92 Å². The molecule has 1 unspecified atom stereocenters. The van der Waals surface area contributed by atoms with E-state index in [1.807, 2.05) is 48.2 Å². The molecule has 23 heavy (non-hydrogen) atoms. The molecular formula is C19H22N2O2. The van der Waals surface area contributed by atoms with E-state index in [1.165, 1.54) is 0 Å². The summed E-state index contributed by atoms with van der Waals surface area (Å²) >= 11 is 0. The molecular weight excluding hydrogens is 288 g/mol. The second-order valence-corrected chi connectivity index (χ2v) is 6.08. The first kappa shape index (κ1) is 15.5. The maximum absolute atomic E-state index is 12.5. The molecule has 2 aromatic carbocycles. The molecule has 1 fully saturated rings. The van der Waals surface area contributed by atoms with Gasteiger partial charge in [-0.2, -0.15) is 0 Å². The number of fused-ring (bicyclic) bond motifs is 1. The van der Waals surface area contributed by atoms with Gasteiger partial charge in [-0.05, 0) is 35.7 Å². The molecule has 0 aromatic heterocycles. The maximum atomic E-state index is 12.5. The van der Waals surface area contributed by atoms with E-state index in [9.17, 15) is 9.59 Å². The van der Waals surface area contributed by atoms with Crippen molar-refractivity contribution in [3.63, 3.8) is 0 Å². The fraction of sp³-hybridized carbons (Fsp3) is 0.368. The van der Waals surface area contributed by atoms with Gasteiger partial charge in [0, 0.05) is 25.2 Å². The molecule has 0 spiro atoms. The zero-order valence-electron chi connectivity index (χ0n) is 13.4. The number of hydrogen-bond donors (Lipinski definition) is 1. The quantitative estimate of drug-likeness (QED) is 0.944. The van der Waals surface area contributed by atoms with E-state index >= 15 is 0 Å². The van der Waals surface area contributed by atoms with E-state index in [-0.39, 0.29) is 17.7 Å². The highest BCUT2D eigenvalue weighted by Gasteiger charge is 2.27. The van der Waals surface area contributed by atoms with Crippen LogP contribution >= 0.6 is 0 Å². The summed E-state index contributed by atoms with van der Waals surface area (Å²) in [6.45, 7) is 3.17. The van der Waals surface area contributed by atoms with Gasteiger partial charge in [0.1, 0.15) is 0 Å². The summed E-state index contributed by atoms with van der Waals surface area (Å²) in [6, 6.07) is 14.0. The molecule has 0 saturated carbocycles. The zero-order valence-corrected chi connectivity index (χ0v) is 13.4. The van der Waals surface area contributed by atoms with Gasteiger partial charge in [0.2, 0.25) is 11.8 Å². The molecule has 0 radical (unpaired) electrons. The van der Waals surface area contributed by atoms with Gasteiger partial charge in [0.15, 0.2) is 0 Å². The van der Waals surface area contributed by atoms with Crippen molar-refractivity contribution in [3.05, 3.63) is 42.5 Å². The highest BCUT2D eigenvalue weighted by Crippen LogP contribution is 2.22. The number of nitrogens with one attached hydrogen (secondary N) is 1. The smallest absolute Gasteiger partial charge is 0.229 e. The van der Waals surface area contributed by atoms with Crippen molar-refractivity contribution >= 4 is 28.3 Å². The van der Waals surface area contributed by atoms with Crippen molar-refractivity contribution in [1.29, 1.82) is 0 Å². The van der Waals surface area contributed by atoms with Crippen molar-refractivity contribution in [1.82, 2.24) is 4.90 Å². The van der Waals surface area contributed by atoms with Crippen LogP contribution in [0.15, 0.2) is 42.5 Å². The molecule has 1 N–H and O–H groups in total. The number of piperidine rings is 1. The van der Waals surface area contributed by atoms with Crippen LogP contribution in [-0.4, -0.2) is 29.8 Å². The van der Waals surface area contributed by atoms with Gasteiger partial charge in [-0.15, -0.1) is 0 Å². The minimum atomic E-state index is -0.120. The highest BCUT2D eigenvalue weighted by molar-refractivity contribution is 5.96. The van der Waals surface area contributed by atoms with E-state index in [4.69, 9.17) is 0 Å². The molecule has 1 aliphatic heterocycles. The van der Waals surface area contributed by atoms with Crippen molar-refractivity contribution in [2.75, 3.05) is 18.4 Å². The number of carbonyl (C=O) groups is 2. The van der Waals surface area contributed by atoms with Gasteiger partial charge < -0.3 is 10.2 Å². The topological polar surface area (TPSA) is 49.4 Å². The predicted octanol–water partition coefficient (Wildman–Crippen LogP) is 3.43. The van der Waals surface area contributed by atoms with Crippen LogP contribution in [0.1, 0.15) is 26.2 Å². The van der Waals surface area contributed by atoms with Gasteiger partial charge in [0.05, 0.1) is 5.92 Å². The number of carbonyl (C=O) groups excluding carboxylic acids is 2. The van der Waals surface area contributed by atoms with Crippen LogP contribution in [0.4, 0.5) is 5.69 Å². The normalized spacial score (nSPS) is 18.0. The minimum Gasteiger partial charge on any atom is -0.342 e. The lowest BCUT2D eigenvalue weighted by Crippen LogP contribution is -2.43. The number of nitrogens with zero attached hydrogens (tertiary/aromatic N) is 1. The number of rotatable bonds is 3. The molecule has 0 bridgehead atoms. The lowest BCUT2D eigenvalue weighted by molar-refractivity contribution is -0.134. The summed E-state index contributed by atoms with van der Waals surface area (Å²) in [7, 11) is 0. The van der Waals surface area contributed by atoms with Crippen molar-refractivity contribution in [2.45, 2.75) is 26.2 Å². The average Bonchev–Trinajstić information content (AvgIpc) is 2.61. The summed E-state index contributed by atoms with van der Waals surface area (Å²) < 4.78 is 0. The average molecular weight is 310 g/mol. The first-order chi connectivity index (χ1) is 11.2. The Labute approximate surface area is 136 Å². The molecule has 3 rings (SSSR count). The zero-order chi connectivity index (χ0) is 16.2. The monoisotopic (exact) mass is 310 g/mol. The van der Waals surface area contributed by atoms with E-state index in [0.29, 0.717) is 13.0 Å². The second kappa shape index (κ2) is 6.82. The third-order valence-electron chi connectivity index (χ3n) is 4.46. The van der Waals surface area contributed by atoms with Crippen LogP contribution in [0, 0.1) is 5.92 Å².